The molecule has 1 aromatic heterocycles. The molecule has 3 rings (SSSR count). The minimum absolute atomic E-state index is 0.197. The molecular formula is C19H15ClIN3O2. The van der Waals surface area contributed by atoms with Crippen molar-refractivity contribution < 1.29 is 4.79 Å². The number of amides is 1. The van der Waals surface area contributed by atoms with E-state index in [4.69, 9.17) is 11.6 Å². The van der Waals surface area contributed by atoms with Crippen molar-refractivity contribution in [2.75, 3.05) is 5.32 Å². The highest BCUT2D eigenvalue weighted by Crippen LogP contribution is 2.22. The van der Waals surface area contributed by atoms with Gasteiger partial charge in [-0.25, -0.2) is 4.98 Å². The summed E-state index contributed by atoms with van der Waals surface area (Å²) in [7, 11) is 0. The quantitative estimate of drug-likeness (QED) is 0.541. The molecule has 0 fully saturated rings. The van der Waals surface area contributed by atoms with Crippen LogP contribution in [0, 0.1) is 3.57 Å². The molecule has 5 nitrogen and oxygen atoms in total. The van der Waals surface area contributed by atoms with Crippen molar-refractivity contribution in [2.45, 2.75) is 13.3 Å². The summed E-state index contributed by atoms with van der Waals surface area (Å²) in [6.07, 6.45) is 0.669. The van der Waals surface area contributed by atoms with E-state index in [0.29, 0.717) is 34.2 Å². The van der Waals surface area contributed by atoms with E-state index in [9.17, 15) is 9.59 Å². The van der Waals surface area contributed by atoms with Crippen LogP contribution in [0.25, 0.3) is 11.4 Å². The van der Waals surface area contributed by atoms with Crippen LogP contribution in [-0.2, 0) is 6.42 Å². The van der Waals surface area contributed by atoms with E-state index in [1.165, 1.54) is 6.07 Å². The number of anilines is 1. The molecule has 132 valence electrons. The average Bonchev–Trinajstić information content (AvgIpc) is 2.61. The maximum absolute atomic E-state index is 12.5. The number of nitrogens with zero attached hydrogens (tertiary/aromatic N) is 1. The van der Waals surface area contributed by atoms with Gasteiger partial charge in [-0.05, 0) is 59.3 Å². The van der Waals surface area contributed by atoms with Crippen LogP contribution < -0.4 is 10.9 Å². The minimum Gasteiger partial charge on any atom is -0.322 e. The summed E-state index contributed by atoms with van der Waals surface area (Å²) in [4.78, 5) is 31.5. The third-order valence-electron chi connectivity index (χ3n) is 3.73. The first kappa shape index (κ1) is 18.6. The number of aryl methyl sites for hydroxylation is 1. The number of hydrogen-bond acceptors (Lipinski definition) is 3. The summed E-state index contributed by atoms with van der Waals surface area (Å²) < 4.78 is 0.769. The van der Waals surface area contributed by atoms with Crippen molar-refractivity contribution in [3.63, 3.8) is 0 Å². The molecule has 7 heteroatoms. The van der Waals surface area contributed by atoms with Gasteiger partial charge in [-0.3, -0.25) is 9.59 Å². The van der Waals surface area contributed by atoms with Crippen LogP contribution in [-0.4, -0.2) is 15.9 Å². The topological polar surface area (TPSA) is 74.8 Å². The number of rotatable bonds is 4. The Morgan fingerprint density at radius 1 is 1.23 bits per heavy atom. The highest BCUT2D eigenvalue weighted by Gasteiger charge is 2.11. The molecule has 0 saturated heterocycles. The Balaban J connectivity index is 1.89. The number of H-pyrrole nitrogens is 1. The molecule has 26 heavy (non-hydrogen) atoms. The van der Waals surface area contributed by atoms with Crippen molar-refractivity contribution >= 4 is 45.8 Å². The number of nitrogens with one attached hydrogen (secondary N) is 2. The van der Waals surface area contributed by atoms with Gasteiger partial charge in [-0.15, -0.1) is 0 Å². The first-order valence-electron chi connectivity index (χ1n) is 7.93. The molecule has 0 unspecified atom stereocenters. The lowest BCUT2D eigenvalue weighted by molar-refractivity contribution is 0.102. The Morgan fingerprint density at radius 3 is 2.77 bits per heavy atom. The van der Waals surface area contributed by atoms with Crippen molar-refractivity contribution in [2.24, 2.45) is 0 Å². The highest BCUT2D eigenvalue weighted by atomic mass is 127. The van der Waals surface area contributed by atoms with Crippen LogP contribution in [0.15, 0.2) is 53.3 Å². The molecule has 2 aromatic carbocycles. The van der Waals surface area contributed by atoms with E-state index in [2.05, 4.69) is 37.9 Å². The molecule has 2 N–H and O–H groups in total. The summed E-state index contributed by atoms with van der Waals surface area (Å²) in [5, 5.41) is 3.45. The van der Waals surface area contributed by atoms with E-state index in [-0.39, 0.29) is 11.5 Å². The van der Waals surface area contributed by atoms with Gasteiger partial charge in [-0.1, -0.05) is 30.7 Å². The molecule has 0 aliphatic carbocycles. The number of carbonyl (C=O) groups is 1. The minimum atomic E-state index is -0.230. The monoisotopic (exact) mass is 479 g/mol. The lowest BCUT2D eigenvalue weighted by Crippen LogP contribution is -2.13. The van der Waals surface area contributed by atoms with Crippen molar-refractivity contribution in [3.8, 4) is 11.4 Å². The van der Waals surface area contributed by atoms with Crippen LogP contribution in [0.1, 0.15) is 23.0 Å². The number of aromatic nitrogens is 2. The van der Waals surface area contributed by atoms with Gasteiger partial charge < -0.3 is 10.3 Å². The molecule has 0 radical (unpaired) electrons. The van der Waals surface area contributed by atoms with E-state index in [1.54, 1.807) is 36.4 Å². The predicted octanol–water partition coefficient (Wildman–Crippen LogP) is 4.51. The van der Waals surface area contributed by atoms with Crippen LogP contribution in [0.3, 0.4) is 0 Å². The summed E-state index contributed by atoms with van der Waals surface area (Å²) in [5.74, 6) is 0.249. The van der Waals surface area contributed by atoms with Crippen LogP contribution >= 0.6 is 34.2 Å². The normalized spacial score (nSPS) is 10.6. The molecule has 0 atom stereocenters. The zero-order chi connectivity index (χ0) is 18.7. The first-order valence-corrected chi connectivity index (χ1v) is 9.39. The summed E-state index contributed by atoms with van der Waals surface area (Å²) in [6.45, 7) is 1.94. The van der Waals surface area contributed by atoms with Gasteiger partial charge in [0.05, 0.1) is 5.56 Å². The molecule has 0 aliphatic rings. The third-order valence-corrected chi connectivity index (χ3v) is 4.85. The Hall–Kier alpha value is -2.19. The second-order valence-corrected chi connectivity index (χ2v) is 7.20. The predicted molar refractivity (Wildman–Crippen MR) is 112 cm³/mol. The Labute approximate surface area is 169 Å². The zero-order valence-electron chi connectivity index (χ0n) is 13.8. The van der Waals surface area contributed by atoms with Crippen molar-refractivity contribution in [1.82, 2.24) is 9.97 Å². The fourth-order valence-corrected chi connectivity index (χ4v) is 3.56. The van der Waals surface area contributed by atoms with E-state index in [0.717, 1.165) is 9.13 Å². The second kappa shape index (κ2) is 8.01. The fourth-order valence-electron chi connectivity index (χ4n) is 2.44. The van der Waals surface area contributed by atoms with Crippen molar-refractivity contribution in [1.29, 1.82) is 0 Å². The maximum atomic E-state index is 12.5. The van der Waals surface area contributed by atoms with Gasteiger partial charge in [0.15, 0.2) is 0 Å². The number of benzene rings is 2. The molecule has 0 spiro atoms. The van der Waals surface area contributed by atoms with Gasteiger partial charge in [0, 0.05) is 31.6 Å². The smallest absolute Gasteiger partial charge is 0.256 e. The van der Waals surface area contributed by atoms with Crippen LogP contribution in [0.5, 0.6) is 0 Å². The van der Waals surface area contributed by atoms with Gasteiger partial charge >= 0.3 is 0 Å². The number of aromatic amines is 1. The maximum Gasteiger partial charge on any atom is 0.256 e. The molecule has 0 aliphatic heterocycles. The Bertz CT molecular complexity index is 1030. The van der Waals surface area contributed by atoms with E-state index < -0.39 is 0 Å². The standard InChI is InChI=1S/C19H15ClIN3O2/c1-2-13-10-17(25)24-18(22-13)11-4-3-5-14(8-11)23-19(26)15-7-6-12(20)9-16(15)21/h3-10H,2H2,1H3,(H,23,26)(H,22,24,25). The summed E-state index contributed by atoms with van der Waals surface area (Å²) in [6, 6.07) is 13.8. The molecule has 1 heterocycles. The second-order valence-electron chi connectivity index (χ2n) is 5.60. The molecule has 1 amide bonds. The third kappa shape index (κ3) is 4.31. The van der Waals surface area contributed by atoms with Crippen LogP contribution in [0.2, 0.25) is 5.02 Å². The van der Waals surface area contributed by atoms with Gasteiger partial charge in [0.2, 0.25) is 0 Å². The van der Waals surface area contributed by atoms with Crippen LogP contribution in [0.4, 0.5) is 5.69 Å². The van der Waals surface area contributed by atoms with E-state index in [1.807, 2.05) is 13.0 Å². The molecular weight excluding hydrogens is 465 g/mol. The SMILES string of the molecule is CCc1cc(=O)[nH]c(-c2cccc(NC(=O)c3ccc(Cl)cc3I)c2)n1. The molecule has 0 saturated carbocycles. The lowest BCUT2D eigenvalue weighted by atomic mass is 10.1. The average molecular weight is 480 g/mol. The van der Waals surface area contributed by atoms with E-state index >= 15 is 0 Å². The summed E-state index contributed by atoms with van der Waals surface area (Å²) >= 11 is 8.01. The number of hydrogen-bond donors (Lipinski definition) is 2. The molecule has 0 bridgehead atoms. The fraction of sp³-hybridized carbons (Fsp3) is 0.105. The van der Waals surface area contributed by atoms with Gasteiger partial charge in [-0.2, -0.15) is 0 Å². The first-order chi connectivity index (χ1) is 12.5. The zero-order valence-corrected chi connectivity index (χ0v) is 16.8. The lowest BCUT2D eigenvalue weighted by Gasteiger charge is -2.09. The Kier molecular flexibility index (Phi) is 5.73. The highest BCUT2D eigenvalue weighted by molar-refractivity contribution is 14.1. The molecule has 3 aromatic rings. The number of carbonyl (C=O) groups excluding carboxylic acids is 1. The van der Waals surface area contributed by atoms with Crippen molar-refractivity contribution in [3.05, 3.63) is 78.7 Å². The number of halogens is 2. The van der Waals surface area contributed by atoms with Gasteiger partial charge in [0.25, 0.3) is 11.5 Å². The largest absolute Gasteiger partial charge is 0.322 e. The Morgan fingerprint density at radius 2 is 2.04 bits per heavy atom. The van der Waals surface area contributed by atoms with Gasteiger partial charge in [0.1, 0.15) is 5.82 Å². The summed E-state index contributed by atoms with van der Waals surface area (Å²) in [5.41, 5.74) is 2.40.